The zero-order valence-corrected chi connectivity index (χ0v) is 11.1. The van der Waals surface area contributed by atoms with Gasteiger partial charge in [-0.25, -0.2) is 9.97 Å². The van der Waals surface area contributed by atoms with Gasteiger partial charge in [-0.2, -0.15) is 0 Å². The van der Waals surface area contributed by atoms with Gasteiger partial charge in [0, 0.05) is 26.0 Å². The largest absolute Gasteiger partial charge is 0.384 e. The van der Waals surface area contributed by atoms with Crippen molar-refractivity contribution >= 4 is 11.6 Å². The third-order valence-electron chi connectivity index (χ3n) is 2.71. The predicted molar refractivity (Wildman–Crippen MR) is 72.8 cm³/mol. The van der Waals surface area contributed by atoms with E-state index < -0.39 is 0 Å². The van der Waals surface area contributed by atoms with E-state index in [2.05, 4.69) is 20.6 Å². The summed E-state index contributed by atoms with van der Waals surface area (Å²) in [5, 5.41) is 5.92. The maximum absolute atomic E-state index is 11.9. The van der Waals surface area contributed by atoms with E-state index >= 15 is 0 Å². The number of hydrogen-bond donors (Lipinski definition) is 2. The van der Waals surface area contributed by atoms with Crippen LogP contribution in [0.1, 0.15) is 23.2 Å². The Balaban J connectivity index is 1.94. The summed E-state index contributed by atoms with van der Waals surface area (Å²) < 4.78 is 1.86. The number of carbonyl (C=O) groups is 1. The second kappa shape index (κ2) is 5.99. The van der Waals surface area contributed by atoms with Crippen molar-refractivity contribution in [2.24, 2.45) is 7.05 Å². The molecule has 1 amide bonds. The summed E-state index contributed by atoms with van der Waals surface area (Å²) in [4.78, 5) is 20.1. The van der Waals surface area contributed by atoms with Crippen LogP contribution in [-0.2, 0) is 13.6 Å². The standard InChI is InChI=1S/C13H17N5O/c1-3-14-10-4-5-11(16-8-10)13(19)17-9-12-15-6-7-18(12)2/h4-8,14H,3,9H2,1-2H3,(H,17,19). The SMILES string of the molecule is CCNc1ccc(C(=O)NCc2nccn2C)nc1. The average molecular weight is 259 g/mol. The van der Waals surface area contributed by atoms with E-state index in [0.717, 1.165) is 18.1 Å². The monoisotopic (exact) mass is 259 g/mol. The van der Waals surface area contributed by atoms with Crippen LogP contribution in [0.4, 0.5) is 5.69 Å². The molecule has 0 bridgehead atoms. The molecule has 19 heavy (non-hydrogen) atoms. The van der Waals surface area contributed by atoms with Crippen LogP contribution in [0.25, 0.3) is 0 Å². The Morgan fingerprint density at radius 2 is 2.21 bits per heavy atom. The highest BCUT2D eigenvalue weighted by Gasteiger charge is 2.08. The quantitative estimate of drug-likeness (QED) is 0.845. The van der Waals surface area contributed by atoms with Gasteiger partial charge in [-0.05, 0) is 19.1 Å². The second-order valence-electron chi connectivity index (χ2n) is 4.10. The average Bonchev–Trinajstić information content (AvgIpc) is 2.83. The molecule has 2 N–H and O–H groups in total. The first kappa shape index (κ1) is 13.1. The second-order valence-corrected chi connectivity index (χ2v) is 4.10. The first-order chi connectivity index (χ1) is 9.20. The van der Waals surface area contributed by atoms with E-state index in [-0.39, 0.29) is 5.91 Å². The van der Waals surface area contributed by atoms with Gasteiger partial charge in [0.25, 0.3) is 5.91 Å². The van der Waals surface area contributed by atoms with E-state index in [4.69, 9.17) is 0 Å². The van der Waals surface area contributed by atoms with E-state index in [9.17, 15) is 4.79 Å². The summed E-state index contributed by atoms with van der Waals surface area (Å²) in [7, 11) is 1.89. The topological polar surface area (TPSA) is 71.8 Å². The molecule has 0 aliphatic carbocycles. The molecule has 0 atom stereocenters. The van der Waals surface area contributed by atoms with Gasteiger partial charge < -0.3 is 15.2 Å². The van der Waals surface area contributed by atoms with Gasteiger partial charge in [0.1, 0.15) is 11.5 Å². The number of rotatable bonds is 5. The number of aromatic nitrogens is 3. The molecule has 0 aliphatic heterocycles. The van der Waals surface area contributed by atoms with E-state index in [1.807, 2.05) is 30.8 Å². The van der Waals surface area contributed by atoms with Gasteiger partial charge in [0.05, 0.1) is 18.4 Å². The maximum Gasteiger partial charge on any atom is 0.270 e. The fraction of sp³-hybridized carbons (Fsp3) is 0.308. The fourth-order valence-electron chi connectivity index (χ4n) is 1.65. The first-order valence-electron chi connectivity index (χ1n) is 6.15. The maximum atomic E-state index is 11.9. The highest BCUT2D eigenvalue weighted by molar-refractivity contribution is 5.92. The van der Waals surface area contributed by atoms with Crippen LogP contribution in [0.2, 0.25) is 0 Å². The van der Waals surface area contributed by atoms with Crippen LogP contribution < -0.4 is 10.6 Å². The number of amides is 1. The first-order valence-corrected chi connectivity index (χ1v) is 6.15. The molecule has 0 fully saturated rings. The Labute approximate surface area is 111 Å². The summed E-state index contributed by atoms with van der Waals surface area (Å²) >= 11 is 0. The van der Waals surface area contributed by atoms with E-state index in [1.165, 1.54) is 0 Å². The summed E-state index contributed by atoms with van der Waals surface area (Å²) in [5.41, 5.74) is 1.30. The van der Waals surface area contributed by atoms with Gasteiger partial charge in [-0.3, -0.25) is 4.79 Å². The number of carbonyl (C=O) groups excluding carboxylic acids is 1. The minimum absolute atomic E-state index is 0.203. The lowest BCUT2D eigenvalue weighted by Crippen LogP contribution is -2.25. The van der Waals surface area contributed by atoms with Crippen molar-refractivity contribution in [3.8, 4) is 0 Å². The van der Waals surface area contributed by atoms with Crippen molar-refractivity contribution in [3.05, 3.63) is 42.2 Å². The Morgan fingerprint density at radius 3 is 2.79 bits per heavy atom. The lowest BCUT2D eigenvalue weighted by molar-refractivity contribution is 0.0944. The van der Waals surface area contributed by atoms with Gasteiger partial charge >= 0.3 is 0 Å². The number of nitrogens with zero attached hydrogens (tertiary/aromatic N) is 3. The minimum Gasteiger partial charge on any atom is -0.384 e. The van der Waals surface area contributed by atoms with Crippen molar-refractivity contribution in [3.63, 3.8) is 0 Å². The molecule has 0 radical (unpaired) electrons. The summed E-state index contributed by atoms with van der Waals surface area (Å²) in [6.45, 7) is 3.22. The molecule has 2 heterocycles. The number of pyridine rings is 1. The summed E-state index contributed by atoms with van der Waals surface area (Å²) in [6, 6.07) is 3.54. The molecule has 2 aromatic heterocycles. The van der Waals surface area contributed by atoms with Gasteiger partial charge in [-0.15, -0.1) is 0 Å². The molecule has 0 saturated carbocycles. The van der Waals surface area contributed by atoms with Crippen LogP contribution in [0.5, 0.6) is 0 Å². The van der Waals surface area contributed by atoms with Crippen LogP contribution in [0.3, 0.4) is 0 Å². The highest BCUT2D eigenvalue weighted by atomic mass is 16.1. The molecule has 0 saturated heterocycles. The molecular weight excluding hydrogens is 242 g/mol. The Kier molecular flexibility index (Phi) is 4.12. The Morgan fingerprint density at radius 1 is 1.37 bits per heavy atom. The van der Waals surface area contributed by atoms with Crippen LogP contribution in [0, 0.1) is 0 Å². The smallest absolute Gasteiger partial charge is 0.270 e. The van der Waals surface area contributed by atoms with Gasteiger partial charge in [-0.1, -0.05) is 0 Å². The van der Waals surface area contributed by atoms with Crippen molar-refractivity contribution in [1.82, 2.24) is 19.9 Å². The van der Waals surface area contributed by atoms with Crippen LogP contribution in [0.15, 0.2) is 30.7 Å². The zero-order chi connectivity index (χ0) is 13.7. The van der Waals surface area contributed by atoms with Crippen molar-refractivity contribution in [2.75, 3.05) is 11.9 Å². The third kappa shape index (κ3) is 3.31. The predicted octanol–water partition coefficient (Wildman–Crippen LogP) is 1.18. The zero-order valence-electron chi connectivity index (χ0n) is 11.1. The molecule has 100 valence electrons. The molecule has 0 unspecified atom stereocenters. The third-order valence-corrected chi connectivity index (χ3v) is 2.71. The van der Waals surface area contributed by atoms with E-state index in [1.54, 1.807) is 18.5 Å². The molecule has 0 aromatic carbocycles. The van der Waals surface area contributed by atoms with Gasteiger partial charge in [0.15, 0.2) is 0 Å². The van der Waals surface area contributed by atoms with Gasteiger partial charge in [0.2, 0.25) is 0 Å². The number of imidazole rings is 1. The Bertz CT molecular complexity index is 546. The molecule has 0 spiro atoms. The van der Waals surface area contributed by atoms with Crippen LogP contribution >= 0.6 is 0 Å². The lowest BCUT2D eigenvalue weighted by Gasteiger charge is -2.06. The van der Waals surface area contributed by atoms with Crippen molar-refractivity contribution in [1.29, 1.82) is 0 Å². The van der Waals surface area contributed by atoms with Crippen molar-refractivity contribution in [2.45, 2.75) is 13.5 Å². The molecule has 6 heteroatoms. The minimum atomic E-state index is -0.203. The molecule has 0 aliphatic rings. The lowest BCUT2D eigenvalue weighted by atomic mass is 10.3. The number of anilines is 1. The van der Waals surface area contributed by atoms with Crippen molar-refractivity contribution < 1.29 is 4.79 Å². The fourth-order valence-corrected chi connectivity index (χ4v) is 1.65. The number of hydrogen-bond acceptors (Lipinski definition) is 4. The van der Waals surface area contributed by atoms with E-state index in [0.29, 0.717) is 12.2 Å². The number of aryl methyl sites for hydroxylation is 1. The normalized spacial score (nSPS) is 10.2. The molecule has 2 aromatic rings. The molecule has 2 rings (SSSR count). The number of nitrogens with one attached hydrogen (secondary N) is 2. The Hall–Kier alpha value is -2.37. The summed E-state index contributed by atoms with van der Waals surface area (Å²) in [5.74, 6) is 0.601. The molecule has 6 nitrogen and oxygen atoms in total. The summed E-state index contributed by atoms with van der Waals surface area (Å²) in [6.07, 6.45) is 5.19. The van der Waals surface area contributed by atoms with Crippen LogP contribution in [-0.4, -0.2) is 27.0 Å². The molecular formula is C13H17N5O. The highest BCUT2D eigenvalue weighted by Crippen LogP contribution is 2.05.